The molecule has 8 aliphatic rings. The molecule has 5 atom stereocenters. The van der Waals surface area contributed by atoms with Crippen LogP contribution in [0.1, 0.15) is 226 Å². The van der Waals surface area contributed by atoms with Gasteiger partial charge < -0.3 is 61.3 Å². The van der Waals surface area contributed by atoms with Crippen LogP contribution in [0.5, 0.6) is 34.5 Å². The summed E-state index contributed by atoms with van der Waals surface area (Å²) in [4.78, 5) is 139. The van der Waals surface area contributed by atoms with Crippen molar-refractivity contribution in [2.24, 2.45) is 0 Å². The van der Waals surface area contributed by atoms with Crippen molar-refractivity contribution in [2.45, 2.75) is 204 Å². The Hall–Kier alpha value is -14.9. The smallest absolute Gasteiger partial charge is 0.221 e. The number of hydrogen-bond donors (Lipinski definition) is 1. The Morgan fingerprint density at radius 1 is 0.356 bits per heavy atom. The van der Waals surface area contributed by atoms with E-state index in [2.05, 4.69) is 59.8 Å². The third-order valence-electron chi connectivity index (χ3n) is 30.0. The number of rotatable bonds is 25. The highest BCUT2D eigenvalue weighted by Gasteiger charge is 2.39. The molecule has 2 aliphatic heterocycles. The molecular formula is C118H119N9O22. The van der Waals surface area contributed by atoms with Crippen LogP contribution in [0.3, 0.4) is 0 Å². The molecule has 6 aliphatic carbocycles. The number of benzene rings is 11. The maximum Gasteiger partial charge on any atom is 0.221 e. The lowest BCUT2D eigenvalue weighted by Crippen LogP contribution is -2.38. The summed E-state index contributed by atoms with van der Waals surface area (Å²) >= 11 is 0. The predicted octanol–water partition coefficient (Wildman–Crippen LogP) is 21.7. The molecule has 8 fully saturated rings. The van der Waals surface area contributed by atoms with Gasteiger partial charge in [0.25, 0.3) is 0 Å². The first-order valence-corrected chi connectivity index (χ1v) is 52.2. The summed E-state index contributed by atoms with van der Waals surface area (Å²) in [5, 5.41) is 37.9. The van der Waals surface area contributed by atoms with Gasteiger partial charge in [-0.3, -0.25) is 62.5 Å². The molecule has 149 heavy (non-hydrogen) atoms. The molecule has 0 radical (unpaired) electrons. The molecule has 31 nitrogen and oxygen atoms in total. The number of carbonyl (C=O) groups is 11. The van der Waals surface area contributed by atoms with Crippen molar-refractivity contribution in [3.05, 3.63) is 204 Å². The number of amides is 1. The van der Waals surface area contributed by atoms with E-state index in [1.807, 2.05) is 158 Å². The molecule has 11 aromatic carbocycles. The molecular weight excluding hydrogens is 1900 g/mol. The van der Waals surface area contributed by atoms with Crippen LogP contribution in [-0.2, 0) is 57.5 Å². The summed E-state index contributed by atoms with van der Waals surface area (Å²) < 4.78 is 62.7. The Balaban J connectivity index is 0.000000113. The van der Waals surface area contributed by atoms with Crippen LogP contribution in [0.2, 0.25) is 0 Å². The number of fused-ring (bicyclic) bond motifs is 15. The highest BCUT2D eigenvalue weighted by Crippen LogP contribution is 2.46. The van der Waals surface area contributed by atoms with Crippen molar-refractivity contribution in [2.75, 3.05) is 97.8 Å². The predicted molar refractivity (Wildman–Crippen MR) is 561 cm³/mol. The molecule has 31 heteroatoms. The quantitative estimate of drug-likeness (QED) is 0.0410. The zero-order chi connectivity index (χ0) is 103. The number of morpholine rings is 1. The number of ether oxygens (including phenoxy) is 6. The normalized spacial score (nSPS) is 19.3. The molecule has 24 rings (SSSR count). The number of hydrogen-bond acceptors (Lipinski definition) is 30. The van der Waals surface area contributed by atoms with Gasteiger partial charge in [-0.25, -0.2) is 0 Å². The van der Waals surface area contributed by atoms with Crippen LogP contribution in [0.4, 0.5) is 5.69 Å². The monoisotopic (exact) mass is 2010 g/mol. The molecule has 7 heterocycles. The van der Waals surface area contributed by atoms with Gasteiger partial charge in [-0.15, -0.1) is 0 Å². The van der Waals surface area contributed by atoms with Crippen LogP contribution in [0.15, 0.2) is 199 Å². The lowest BCUT2D eigenvalue weighted by atomic mass is 9.83. The molecule has 5 unspecified atom stereocenters. The zero-order valence-electron chi connectivity index (χ0n) is 83.9. The van der Waals surface area contributed by atoms with Crippen LogP contribution in [0, 0.1) is 0 Å². The molecule has 1 N–H and O–H groups in total. The number of Topliss-reactive ketones (excluding diaryl/α,β-unsaturated/α-hetero) is 10. The minimum atomic E-state index is -0.424. The number of anilines is 1. The van der Waals surface area contributed by atoms with Gasteiger partial charge in [0.15, 0.2) is 27.9 Å². The Morgan fingerprint density at radius 2 is 0.671 bits per heavy atom. The third kappa shape index (κ3) is 23.3. The van der Waals surface area contributed by atoms with Gasteiger partial charge in [-0.2, -0.15) is 0 Å². The van der Waals surface area contributed by atoms with Gasteiger partial charge in [-0.05, 0) is 272 Å². The van der Waals surface area contributed by atoms with E-state index < -0.39 is 5.92 Å². The Morgan fingerprint density at radius 3 is 1.01 bits per heavy atom. The van der Waals surface area contributed by atoms with Gasteiger partial charge in [-0.1, -0.05) is 94.8 Å². The highest BCUT2D eigenvalue weighted by atomic mass is 16.5. The second-order valence-corrected chi connectivity index (χ2v) is 40.1. The number of nitrogens with zero attached hydrogens (tertiary/aromatic N) is 8. The zero-order valence-corrected chi connectivity index (χ0v) is 83.9. The van der Waals surface area contributed by atoms with Crippen molar-refractivity contribution in [1.29, 1.82) is 0 Å². The number of carbonyl (C=O) groups excluding carboxylic acids is 11. The fraction of sp³-hybridized carbons (Fsp3) is 0.390. The highest BCUT2D eigenvalue weighted by molar-refractivity contribution is 6.17. The second-order valence-electron chi connectivity index (χ2n) is 40.1. The number of ketones is 10. The van der Waals surface area contributed by atoms with Crippen LogP contribution in [0.25, 0.3) is 109 Å². The molecule has 768 valence electrons. The van der Waals surface area contributed by atoms with Crippen molar-refractivity contribution in [1.82, 2.24) is 40.5 Å². The fourth-order valence-electron chi connectivity index (χ4n) is 22.0. The fourth-order valence-corrected chi connectivity index (χ4v) is 22.0. The van der Waals surface area contributed by atoms with E-state index in [-0.39, 0.29) is 120 Å². The number of aromatic nitrogens is 5. The van der Waals surface area contributed by atoms with Gasteiger partial charge in [0.05, 0.1) is 108 Å². The van der Waals surface area contributed by atoms with E-state index in [1.165, 1.54) is 65.0 Å². The summed E-state index contributed by atoms with van der Waals surface area (Å²) in [6, 6.07) is 56.7. The average molecular weight is 2020 g/mol. The second kappa shape index (κ2) is 46.2. The Labute approximate surface area is 857 Å². The minimum absolute atomic E-state index is 0.000791. The molecule has 6 saturated carbocycles. The standard InChI is InChI=1S/C26H30N2O4.C25H20N2O5.C23H24N2O5.C23H24N2O4.C21H21NO4/c1-28(18-5-3-2-4-6-18)13-14-31-20-9-11-21-17(15-20)7-12-24-25(21)26(27-32-24)22-10-8-19(29)16-23(22)30;1-14(28)26-16-3-2-4-18(12-16)31-19-7-9-20-15(11-19)5-10-23-24(20)25(27-32-23)21-8-6-17(29)13-22(21)30;26-16-2-4-19(20(27)14-16)23-22-18-5-3-17(13-15(18)1-6-21(22)30-24-23)29-12-9-25-7-10-28-11-8-25;26-16-4-6-19(20(27)14-16)23-22-18-7-5-17(28-12-11-25-9-1-2-10-25)13-15(18)3-8-21(22)29-24-23;1-2-3-10-25-15-6-8-16-13(11-15)4-9-19-20(16)21(22-26-19)17-7-5-14(23)12-18(17)24/h7,9,11-12,15,18,22H,2-6,8,10,13-14,16H2,1H3;2-5,7,9-12,21H,6,8,13H2,1H3,(H,26,28);1,3,5-6,13,19H,2,4,7-12,14H2;3,5,7-8,13,19H,1-2,4,6,9-12,14H2;4,6,8-9,11,17H,2-3,5,7,10,12H2,1H3. The van der Waals surface area contributed by atoms with E-state index >= 15 is 0 Å². The molecule has 5 aromatic heterocycles. The van der Waals surface area contributed by atoms with E-state index in [0.29, 0.717) is 170 Å². The number of unbranched alkanes of at least 4 members (excludes halogenated alkanes) is 1. The van der Waals surface area contributed by atoms with E-state index in [9.17, 15) is 52.7 Å². The van der Waals surface area contributed by atoms with Crippen LogP contribution in [-0.4, -0.2) is 203 Å². The van der Waals surface area contributed by atoms with Crippen molar-refractivity contribution in [3.8, 4) is 34.5 Å². The van der Waals surface area contributed by atoms with Crippen molar-refractivity contribution < 1.29 is 104 Å². The molecule has 0 bridgehead atoms. The lowest BCUT2D eigenvalue weighted by Gasteiger charge is -2.31. The summed E-state index contributed by atoms with van der Waals surface area (Å²) in [5.41, 5.74) is 7.13. The van der Waals surface area contributed by atoms with Gasteiger partial charge in [0.1, 0.15) is 141 Å². The first-order valence-electron chi connectivity index (χ1n) is 52.2. The Kier molecular flexibility index (Phi) is 31.4. The van der Waals surface area contributed by atoms with Crippen molar-refractivity contribution in [3.63, 3.8) is 0 Å². The molecule has 16 aromatic rings. The number of likely N-dealkylation sites (N-methyl/N-ethyl adjacent to an activating group) is 1. The average Bonchev–Trinajstić information content (AvgIpc) is 1.66. The molecule has 2 saturated heterocycles. The van der Waals surface area contributed by atoms with Crippen LogP contribution < -0.4 is 29.0 Å². The van der Waals surface area contributed by atoms with E-state index in [4.69, 9.17) is 51.0 Å². The first-order chi connectivity index (χ1) is 72.6. The van der Waals surface area contributed by atoms with Crippen molar-refractivity contribution >= 4 is 178 Å². The maximum absolute atomic E-state index is 12.5. The summed E-state index contributed by atoms with van der Waals surface area (Å²) in [6.45, 7) is 14.8. The van der Waals surface area contributed by atoms with Gasteiger partial charge in [0.2, 0.25) is 5.91 Å². The van der Waals surface area contributed by atoms with Crippen LogP contribution >= 0.6 is 0 Å². The third-order valence-corrected chi connectivity index (χ3v) is 30.0. The molecule has 0 spiro atoms. The Bertz CT molecular complexity index is 7800. The first kappa shape index (κ1) is 101. The number of nitrogens with one attached hydrogen (secondary N) is 1. The summed E-state index contributed by atoms with van der Waals surface area (Å²) in [7, 11) is 2.20. The SMILES string of the molecule is CC(=O)Nc1cccc(Oc2ccc3c(ccc4onc(C5CCC(=O)CC5=O)c43)c2)c1.CCCCOc1ccc2c(ccc3onc(C4CCC(=O)CC4=O)c32)c1.CN(CCOc1ccc2c(ccc3onc(C4CCC(=O)CC4=O)c32)c1)C1CCCCC1.O=C1CCC(c2noc3ccc4cc(OCCN5CCCC5)ccc4c23)C(=O)C1.O=C1CCC(c2noc3ccc4cc(OCCN5CCOCC5)ccc4c23)C(=O)C1. The number of likely N-dealkylation sites (tertiary alicyclic amines) is 1. The minimum Gasteiger partial charge on any atom is -0.494 e. The van der Waals surface area contributed by atoms with E-state index in [1.54, 1.807) is 18.2 Å². The lowest BCUT2D eigenvalue weighted by molar-refractivity contribution is -0.132. The molecule has 1 amide bonds. The maximum atomic E-state index is 12.5. The topological polar surface area (TPSA) is 395 Å². The summed E-state index contributed by atoms with van der Waals surface area (Å²) in [6.07, 6.45) is 15.8. The van der Waals surface area contributed by atoms with Gasteiger partial charge >= 0.3 is 0 Å². The summed E-state index contributed by atoms with van der Waals surface area (Å²) in [5.74, 6) is 2.18. The van der Waals surface area contributed by atoms with Gasteiger partial charge in [0, 0.05) is 89.5 Å². The largest absolute Gasteiger partial charge is 0.494 e. The van der Waals surface area contributed by atoms with E-state index in [0.717, 1.165) is 163 Å².